The number of amides is 1. The molecular formula is C19H18Cl2N4O. The molecule has 1 unspecified atom stereocenters. The van der Waals surface area contributed by atoms with Crippen LogP contribution in [0.5, 0.6) is 0 Å². The molecule has 0 aliphatic heterocycles. The van der Waals surface area contributed by atoms with Crippen LogP contribution in [0.4, 0.5) is 0 Å². The third-order valence-corrected chi connectivity index (χ3v) is 4.65. The number of pyridine rings is 1. The Morgan fingerprint density at radius 2 is 2.08 bits per heavy atom. The van der Waals surface area contributed by atoms with Gasteiger partial charge in [0.2, 0.25) is 0 Å². The molecule has 3 rings (SSSR count). The Bertz CT molecular complexity index is 925. The molecule has 2 aromatic heterocycles. The van der Waals surface area contributed by atoms with Crippen molar-refractivity contribution in [1.82, 2.24) is 20.1 Å². The minimum Gasteiger partial charge on any atom is -0.345 e. The monoisotopic (exact) mass is 388 g/mol. The van der Waals surface area contributed by atoms with Crippen LogP contribution in [0.1, 0.15) is 41.5 Å². The molecule has 0 fully saturated rings. The molecule has 1 amide bonds. The minimum absolute atomic E-state index is 0.206. The molecule has 0 aliphatic rings. The van der Waals surface area contributed by atoms with Gasteiger partial charge in [-0.1, -0.05) is 42.3 Å². The van der Waals surface area contributed by atoms with Crippen LogP contribution in [0.3, 0.4) is 0 Å². The van der Waals surface area contributed by atoms with Crippen molar-refractivity contribution in [2.75, 3.05) is 0 Å². The molecule has 2 heterocycles. The van der Waals surface area contributed by atoms with Gasteiger partial charge in [0, 0.05) is 16.2 Å². The van der Waals surface area contributed by atoms with Gasteiger partial charge in [0.25, 0.3) is 5.91 Å². The Morgan fingerprint density at radius 1 is 1.27 bits per heavy atom. The van der Waals surface area contributed by atoms with Gasteiger partial charge in [-0.15, -0.1) is 0 Å². The Hall–Kier alpha value is -2.37. The number of rotatable bonds is 5. The fourth-order valence-electron chi connectivity index (χ4n) is 2.78. The van der Waals surface area contributed by atoms with Gasteiger partial charge in [0.05, 0.1) is 23.5 Å². The van der Waals surface area contributed by atoms with Crippen LogP contribution in [0.15, 0.2) is 48.8 Å². The van der Waals surface area contributed by atoms with E-state index in [4.69, 9.17) is 23.2 Å². The van der Waals surface area contributed by atoms with Crippen molar-refractivity contribution >= 4 is 29.1 Å². The SMILES string of the molecule is CCc1c(C(=O)NC(C)c2ccc(Cl)cc2Cl)cnn1-c1ccccn1. The van der Waals surface area contributed by atoms with Crippen molar-refractivity contribution in [3.05, 3.63) is 75.7 Å². The van der Waals surface area contributed by atoms with Crippen molar-refractivity contribution in [1.29, 1.82) is 0 Å². The molecule has 0 aliphatic carbocycles. The van der Waals surface area contributed by atoms with Crippen LogP contribution in [0.25, 0.3) is 5.82 Å². The molecule has 0 radical (unpaired) electrons. The van der Waals surface area contributed by atoms with Gasteiger partial charge in [0.1, 0.15) is 0 Å². The van der Waals surface area contributed by atoms with Gasteiger partial charge < -0.3 is 5.32 Å². The molecule has 1 N–H and O–H groups in total. The zero-order chi connectivity index (χ0) is 18.7. The number of hydrogen-bond acceptors (Lipinski definition) is 3. The third-order valence-electron chi connectivity index (χ3n) is 4.09. The maximum Gasteiger partial charge on any atom is 0.255 e. The van der Waals surface area contributed by atoms with Gasteiger partial charge in [0.15, 0.2) is 5.82 Å². The lowest BCUT2D eigenvalue weighted by Crippen LogP contribution is -2.27. The molecule has 1 aromatic carbocycles. The Labute approximate surface area is 162 Å². The summed E-state index contributed by atoms with van der Waals surface area (Å²) in [7, 11) is 0. The second kappa shape index (κ2) is 7.89. The zero-order valence-corrected chi connectivity index (χ0v) is 15.9. The Balaban J connectivity index is 1.85. The second-order valence-electron chi connectivity index (χ2n) is 5.82. The molecule has 7 heteroatoms. The maximum absolute atomic E-state index is 12.8. The predicted octanol–water partition coefficient (Wildman–Crippen LogP) is 4.63. The average molecular weight is 389 g/mol. The largest absolute Gasteiger partial charge is 0.345 e. The van der Waals surface area contributed by atoms with E-state index in [9.17, 15) is 4.79 Å². The summed E-state index contributed by atoms with van der Waals surface area (Å²) in [5.74, 6) is 0.472. The fourth-order valence-corrected chi connectivity index (χ4v) is 3.36. The highest BCUT2D eigenvalue weighted by atomic mass is 35.5. The topological polar surface area (TPSA) is 59.8 Å². The van der Waals surface area contributed by atoms with Gasteiger partial charge >= 0.3 is 0 Å². The molecule has 134 valence electrons. The summed E-state index contributed by atoms with van der Waals surface area (Å²) in [5, 5.41) is 8.39. The summed E-state index contributed by atoms with van der Waals surface area (Å²) in [4.78, 5) is 17.1. The first kappa shape index (κ1) is 18.4. The number of benzene rings is 1. The maximum atomic E-state index is 12.8. The van der Waals surface area contributed by atoms with Crippen LogP contribution < -0.4 is 5.32 Å². The summed E-state index contributed by atoms with van der Waals surface area (Å²) < 4.78 is 1.69. The molecule has 26 heavy (non-hydrogen) atoms. The molecular weight excluding hydrogens is 371 g/mol. The van der Waals surface area contributed by atoms with Crippen molar-refractivity contribution in [2.24, 2.45) is 0 Å². The van der Waals surface area contributed by atoms with E-state index in [0.29, 0.717) is 27.8 Å². The predicted molar refractivity (Wildman–Crippen MR) is 103 cm³/mol. The lowest BCUT2D eigenvalue weighted by Gasteiger charge is -2.16. The van der Waals surface area contributed by atoms with E-state index in [0.717, 1.165) is 11.3 Å². The quantitative estimate of drug-likeness (QED) is 0.692. The van der Waals surface area contributed by atoms with Gasteiger partial charge in [-0.25, -0.2) is 9.67 Å². The molecule has 0 spiro atoms. The fraction of sp³-hybridized carbons (Fsp3) is 0.211. The number of hydrogen-bond donors (Lipinski definition) is 1. The standard InChI is InChI=1S/C19H18Cl2N4O/c1-3-17-15(11-23-25(17)18-6-4-5-9-22-18)19(26)24-12(2)14-8-7-13(20)10-16(14)21/h4-12H,3H2,1-2H3,(H,24,26). The van der Waals surface area contributed by atoms with Crippen molar-refractivity contribution in [2.45, 2.75) is 26.3 Å². The lowest BCUT2D eigenvalue weighted by atomic mass is 10.1. The van der Waals surface area contributed by atoms with Crippen LogP contribution >= 0.6 is 23.2 Å². The van der Waals surface area contributed by atoms with E-state index in [1.807, 2.05) is 38.1 Å². The van der Waals surface area contributed by atoms with E-state index >= 15 is 0 Å². The summed E-state index contributed by atoms with van der Waals surface area (Å²) in [6, 6.07) is 10.5. The average Bonchev–Trinajstić information content (AvgIpc) is 3.06. The second-order valence-corrected chi connectivity index (χ2v) is 6.66. The van der Waals surface area contributed by atoms with Crippen LogP contribution in [-0.2, 0) is 6.42 Å². The Morgan fingerprint density at radius 3 is 2.73 bits per heavy atom. The summed E-state index contributed by atoms with van der Waals surface area (Å²) in [6.07, 6.45) is 3.91. The number of halogens is 2. The molecule has 5 nitrogen and oxygen atoms in total. The van der Waals surface area contributed by atoms with Crippen LogP contribution in [-0.4, -0.2) is 20.7 Å². The van der Waals surface area contributed by atoms with E-state index in [2.05, 4.69) is 15.4 Å². The first-order valence-electron chi connectivity index (χ1n) is 8.25. The molecule has 0 saturated carbocycles. The van der Waals surface area contributed by atoms with E-state index in [1.54, 1.807) is 29.2 Å². The zero-order valence-electron chi connectivity index (χ0n) is 14.4. The number of nitrogens with zero attached hydrogens (tertiary/aromatic N) is 3. The highest BCUT2D eigenvalue weighted by Crippen LogP contribution is 2.26. The number of nitrogens with one attached hydrogen (secondary N) is 1. The lowest BCUT2D eigenvalue weighted by molar-refractivity contribution is 0.0939. The summed E-state index contributed by atoms with van der Waals surface area (Å²) in [5.41, 5.74) is 2.13. The van der Waals surface area contributed by atoms with Crippen molar-refractivity contribution in [3.63, 3.8) is 0 Å². The van der Waals surface area contributed by atoms with Gasteiger partial charge in [-0.05, 0) is 43.2 Å². The normalized spacial score (nSPS) is 12.0. The highest BCUT2D eigenvalue weighted by molar-refractivity contribution is 6.35. The van der Waals surface area contributed by atoms with E-state index in [-0.39, 0.29) is 11.9 Å². The molecule has 0 bridgehead atoms. The molecule has 3 aromatic rings. The van der Waals surface area contributed by atoms with Gasteiger partial charge in [-0.3, -0.25) is 4.79 Å². The van der Waals surface area contributed by atoms with E-state index < -0.39 is 0 Å². The Kier molecular flexibility index (Phi) is 5.59. The van der Waals surface area contributed by atoms with E-state index in [1.165, 1.54) is 0 Å². The van der Waals surface area contributed by atoms with Crippen molar-refractivity contribution in [3.8, 4) is 5.82 Å². The number of carbonyl (C=O) groups excluding carboxylic acids is 1. The first-order valence-corrected chi connectivity index (χ1v) is 9.01. The van der Waals surface area contributed by atoms with Crippen LogP contribution in [0.2, 0.25) is 10.0 Å². The highest BCUT2D eigenvalue weighted by Gasteiger charge is 2.20. The summed E-state index contributed by atoms with van der Waals surface area (Å²) in [6.45, 7) is 3.86. The van der Waals surface area contributed by atoms with Crippen LogP contribution in [0, 0.1) is 0 Å². The first-order chi connectivity index (χ1) is 12.5. The minimum atomic E-state index is -0.268. The number of carbonyl (C=O) groups is 1. The summed E-state index contributed by atoms with van der Waals surface area (Å²) >= 11 is 12.2. The van der Waals surface area contributed by atoms with Gasteiger partial charge in [-0.2, -0.15) is 5.10 Å². The molecule has 1 atom stereocenters. The molecule has 0 saturated heterocycles. The van der Waals surface area contributed by atoms with Crippen molar-refractivity contribution < 1.29 is 4.79 Å². The number of aromatic nitrogens is 3. The third kappa shape index (κ3) is 3.74. The smallest absolute Gasteiger partial charge is 0.255 e.